The van der Waals surface area contributed by atoms with Crippen LogP contribution in [0.25, 0.3) is 23.0 Å². The lowest BCUT2D eigenvalue weighted by molar-refractivity contribution is -0.136. The molecule has 3 atom stereocenters. The summed E-state index contributed by atoms with van der Waals surface area (Å²) in [5, 5.41) is 3.98. The van der Waals surface area contributed by atoms with E-state index < -0.39 is 28.5 Å². The number of fused-ring (bicyclic) bond motifs is 1. The number of benzene rings is 1. The van der Waals surface area contributed by atoms with Gasteiger partial charge in [0.05, 0.1) is 11.7 Å². The summed E-state index contributed by atoms with van der Waals surface area (Å²) in [5.41, 5.74) is 2.36. The summed E-state index contributed by atoms with van der Waals surface area (Å²) < 4.78 is 73.2. The van der Waals surface area contributed by atoms with Gasteiger partial charge in [0.15, 0.2) is 0 Å². The molecule has 1 aromatic carbocycles. The maximum atomic E-state index is 13.1. The Labute approximate surface area is 199 Å². The highest BCUT2D eigenvalue weighted by Crippen LogP contribution is 2.50. The van der Waals surface area contributed by atoms with E-state index in [9.17, 15) is 21.6 Å². The van der Waals surface area contributed by atoms with Crippen LogP contribution >= 0.6 is 0 Å². The molecule has 2 bridgehead atoms. The first kappa shape index (κ1) is 22.6. The maximum absolute atomic E-state index is 13.1. The summed E-state index contributed by atoms with van der Waals surface area (Å²) in [7, 11) is -4.21. The number of nitrogens with one attached hydrogen (secondary N) is 1. The summed E-state index contributed by atoms with van der Waals surface area (Å²) >= 11 is 0. The molecule has 0 amide bonds. The fourth-order valence-electron chi connectivity index (χ4n) is 5.84. The largest absolute Gasteiger partial charge is 0.402 e. The van der Waals surface area contributed by atoms with Crippen molar-refractivity contribution >= 4 is 10.2 Å². The van der Waals surface area contributed by atoms with Crippen LogP contribution in [-0.4, -0.2) is 57.6 Å². The molecule has 1 N–H and O–H groups in total. The molecule has 1 saturated carbocycles. The third-order valence-electron chi connectivity index (χ3n) is 7.38. The molecule has 0 unspecified atom stereocenters. The number of rotatable bonds is 3. The van der Waals surface area contributed by atoms with E-state index in [4.69, 9.17) is 4.52 Å². The summed E-state index contributed by atoms with van der Waals surface area (Å²) in [6.45, 7) is -1.65. The Morgan fingerprint density at radius 3 is 2.63 bits per heavy atom. The monoisotopic (exact) mass is 506 g/mol. The zero-order valence-corrected chi connectivity index (χ0v) is 19.2. The summed E-state index contributed by atoms with van der Waals surface area (Å²) in [6.07, 6.45) is 2.66. The maximum Gasteiger partial charge on any atom is 0.402 e. The predicted molar refractivity (Wildman–Crippen MR) is 117 cm³/mol. The Hall–Kier alpha value is -2.90. The first-order chi connectivity index (χ1) is 16.6. The smallest absolute Gasteiger partial charge is 0.334 e. The topological polar surface area (TPSA) is 114 Å². The van der Waals surface area contributed by atoms with Crippen molar-refractivity contribution in [2.75, 3.05) is 13.1 Å². The molecule has 3 aliphatic rings. The molecule has 2 aromatic heterocycles. The number of hydrogen-bond donors (Lipinski definition) is 1. The molecule has 1 saturated heterocycles. The number of aromatic nitrogens is 4. The fraction of sp³-hybridized carbons (Fsp3) is 0.455. The SMILES string of the molecule is O=S1(=O)N[C@]2(CN1CC(F)(F)F)[C@@H]1CC[C@H]2Cc2cc(-c3nc(-c4cnccn4)no3)ccc2C1. The normalized spacial score (nSPS) is 27.7. The van der Waals surface area contributed by atoms with Crippen molar-refractivity contribution < 1.29 is 26.1 Å². The Kier molecular flexibility index (Phi) is 5.03. The molecule has 6 rings (SSSR count). The van der Waals surface area contributed by atoms with E-state index in [-0.39, 0.29) is 18.4 Å². The number of halogens is 3. The van der Waals surface area contributed by atoms with Crippen LogP contribution < -0.4 is 4.72 Å². The van der Waals surface area contributed by atoms with Crippen molar-refractivity contribution in [2.24, 2.45) is 11.8 Å². The highest BCUT2D eigenvalue weighted by molar-refractivity contribution is 7.87. The van der Waals surface area contributed by atoms with Crippen LogP contribution in [-0.2, 0) is 23.1 Å². The van der Waals surface area contributed by atoms with Crippen LogP contribution in [0.3, 0.4) is 0 Å². The average Bonchev–Trinajstić information content (AvgIpc) is 3.43. The number of nitrogens with zero attached hydrogens (tertiary/aromatic N) is 5. The van der Waals surface area contributed by atoms with Gasteiger partial charge < -0.3 is 4.52 Å². The first-order valence-electron chi connectivity index (χ1n) is 11.2. The molecule has 9 nitrogen and oxygen atoms in total. The zero-order valence-electron chi connectivity index (χ0n) is 18.4. The fourth-order valence-corrected chi connectivity index (χ4v) is 7.54. The lowest BCUT2D eigenvalue weighted by Gasteiger charge is -2.33. The van der Waals surface area contributed by atoms with Gasteiger partial charge >= 0.3 is 6.18 Å². The van der Waals surface area contributed by atoms with Crippen LogP contribution in [0.5, 0.6) is 0 Å². The number of hydrogen-bond acceptors (Lipinski definition) is 7. The zero-order chi connectivity index (χ0) is 24.4. The predicted octanol–water partition coefficient (Wildman–Crippen LogP) is 2.77. The average molecular weight is 507 g/mol. The van der Waals surface area contributed by atoms with Gasteiger partial charge in [0.2, 0.25) is 5.82 Å². The third-order valence-corrected chi connectivity index (χ3v) is 8.95. The van der Waals surface area contributed by atoms with Crippen molar-refractivity contribution in [2.45, 2.75) is 37.4 Å². The van der Waals surface area contributed by atoms with E-state index in [1.54, 1.807) is 6.20 Å². The van der Waals surface area contributed by atoms with E-state index in [1.165, 1.54) is 12.4 Å². The van der Waals surface area contributed by atoms with Gasteiger partial charge in [0.1, 0.15) is 12.2 Å². The van der Waals surface area contributed by atoms with Crippen LogP contribution in [0.1, 0.15) is 24.0 Å². The molecule has 3 heterocycles. The molecule has 2 fully saturated rings. The second-order valence-electron chi connectivity index (χ2n) is 9.41. The molecular formula is C22H21F3N6O3S. The molecular weight excluding hydrogens is 485 g/mol. The van der Waals surface area contributed by atoms with Crippen LogP contribution in [0.15, 0.2) is 41.3 Å². The van der Waals surface area contributed by atoms with Gasteiger partial charge in [-0.15, -0.1) is 0 Å². The molecule has 184 valence electrons. The molecule has 3 aromatic rings. The minimum atomic E-state index is -4.60. The Balaban J connectivity index is 1.30. The van der Waals surface area contributed by atoms with E-state index in [2.05, 4.69) is 24.8 Å². The third kappa shape index (κ3) is 3.91. The van der Waals surface area contributed by atoms with E-state index in [0.717, 1.165) is 24.0 Å². The van der Waals surface area contributed by atoms with E-state index in [1.807, 2.05) is 18.2 Å². The standard InChI is InChI=1S/C22H21F3N6O3S/c23-22(24,25)12-31-11-21(30-35(31,32)33)16-3-4-17(21)9-15-7-14(2-1-13(15)8-16)20-28-19(29-34-20)18-10-26-5-6-27-18/h1-2,5-7,10,16-17,30H,3-4,8-9,11-12H2/t16-,17+,21-/m1/s1. The molecule has 13 heteroatoms. The lowest BCUT2D eigenvalue weighted by Crippen LogP contribution is -2.52. The van der Waals surface area contributed by atoms with Crippen LogP contribution in [0.4, 0.5) is 13.2 Å². The van der Waals surface area contributed by atoms with E-state index >= 15 is 0 Å². The number of alkyl halides is 3. The van der Waals surface area contributed by atoms with Crippen molar-refractivity contribution in [1.82, 2.24) is 29.1 Å². The van der Waals surface area contributed by atoms with Crippen LogP contribution in [0, 0.1) is 11.8 Å². The van der Waals surface area contributed by atoms with Gasteiger partial charge in [-0.3, -0.25) is 4.98 Å². The highest BCUT2D eigenvalue weighted by atomic mass is 32.2. The summed E-state index contributed by atoms with van der Waals surface area (Å²) in [5.74, 6) is 0.427. The van der Waals surface area contributed by atoms with Gasteiger partial charge in [0.25, 0.3) is 16.1 Å². The highest BCUT2D eigenvalue weighted by Gasteiger charge is 2.60. The van der Waals surface area contributed by atoms with Gasteiger partial charge in [-0.25, -0.2) is 4.98 Å². The minimum Gasteiger partial charge on any atom is -0.334 e. The molecule has 35 heavy (non-hydrogen) atoms. The van der Waals surface area contributed by atoms with Gasteiger partial charge in [-0.2, -0.15) is 35.6 Å². The second kappa shape index (κ2) is 7.80. The van der Waals surface area contributed by atoms with Crippen LogP contribution in [0.2, 0.25) is 0 Å². The van der Waals surface area contributed by atoms with Crippen molar-refractivity contribution in [3.63, 3.8) is 0 Å². The molecule has 2 aliphatic carbocycles. The minimum absolute atomic E-state index is 0.0840. The first-order valence-corrected chi connectivity index (χ1v) is 12.6. The molecule has 0 radical (unpaired) electrons. The second-order valence-corrected chi connectivity index (χ2v) is 11.1. The Bertz CT molecular complexity index is 1380. The van der Waals surface area contributed by atoms with Gasteiger partial charge in [-0.05, 0) is 60.8 Å². The van der Waals surface area contributed by atoms with Gasteiger partial charge in [-0.1, -0.05) is 11.2 Å². The lowest BCUT2D eigenvalue weighted by atomic mass is 9.79. The molecule has 1 spiro atoms. The van der Waals surface area contributed by atoms with Crippen molar-refractivity contribution in [3.8, 4) is 23.0 Å². The van der Waals surface area contributed by atoms with Crippen molar-refractivity contribution in [1.29, 1.82) is 0 Å². The summed E-state index contributed by atoms with van der Waals surface area (Å²) in [4.78, 5) is 12.6. The Morgan fingerprint density at radius 1 is 1.14 bits per heavy atom. The Morgan fingerprint density at radius 2 is 1.91 bits per heavy atom. The summed E-state index contributed by atoms with van der Waals surface area (Å²) in [6, 6.07) is 5.78. The van der Waals surface area contributed by atoms with Gasteiger partial charge in [0, 0.05) is 24.5 Å². The molecule has 1 aliphatic heterocycles. The van der Waals surface area contributed by atoms with Crippen molar-refractivity contribution in [3.05, 3.63) is 47.9 Å². The van der Waals surface area contributed by atoms with E-state index in [0.29, 0.717) is 40.1 Å². The quantitative estimate of drug-likeness (QED) is 0.581.